The number of amides is 2. The van der Waals surface area contributed by atoms with Crippen LogP contribution >= 0.6 is 0 Å². The van der Waals surface area contributed by atoms with Gasteiger partial charge in [0, 0.05) is 19.5 Å². The third kappa shape index (κ3) is 8.38. The van der Waals surface area contributed by atoms with Gasteiger partial charge in [0.25, 0.3) is 0 Å². The maximum atomic E-state index is 14.7. The Kier molecular flexibility index (Phi) is 10.6. The van der Waals surface area contributed by atoms with Crippen LogP contribution in [0.15, 0.2) is 78.9 Å². The second kappa shape index (κ2) is 13.9. The second-order valence-electron chi connectivity index (χ2n) is 9.52. The number of sulfonamides is 1. The minimum atomic E-state index is -4.03. The van der Waals surface area contributed by atoms with Gasteiger partial charge in [0.15, 0.2) is 0 Å². The lowest BCUT2D eigenvalue weighted by atomic mass is 10.0. The molecule has 0 spiro atoms. The highest BCUT2D eigenvalue weighted by atomic mass is 32.2. The van der Waals surface area contributed by atoms with Gasteiger partial charge < -0.3 is 10.2 Å². The van der Waals surface area contributed by atoms with Crippen LogP contribution < -0.4 is 9.62 Å². The highest BCUT2D eigenvalue weighted by molar-refractivity contribution is 7.92. The van der Waals surface area contributed by atoms with Crippen LogP contribution in [0.5, 0.6) is 0 Å². The van der Waals surface area contributed by atoms with Gasteiger partial charge in [-0.2, -0.15) is 0 Å². The number of benzene rings is 3. The first-order valence-electron chi connectivity index (χ1n) is 13.0. The fraction of sp³-hybridized carbons (Fsp3) is 0.333. The van der Waals surface area contributed by atoms with Gasteiger partial charge in [0.1, 0.15) is 18.4 Å². The molecule has 1 N–H and O–H groups in total. The first-order chi connectivity index (χ1) is 18.6. The summed E-state index contributed by atoms with van der Waals surface area (Å²) in [7, 11) is -4.03. The minimum absolute atomic E-state index is 0.0824. The van der Waals surface area contributed by atoms with Crippen molar-refractivity contribution in [1.82, 2.24) is 10.2 Å². The molecular weight excluding hydrogens is 517 g/mol. The molecule has 0 saturated heterocycles. The minimum Gasteiger partial charge on any atom is -0.354 e. The molecule has 3 aromatic carbocycles. The number of nitrogens with one attached hydrogen (secondary N) is 1. The van der Waals surface area contributed by atoms with Crippen molar-refractivity contribution >= 4 is 27.5 Å². The molecule has 3 rings (SSSR count). The number of aryl methyl sites for hydroxylation is 1. The van der Waals surface area contributed by atoms with Gasteiger partial charge in [-0.15, -0.1) is 0 Å². The summed E-state index contributed by atoms with van der Waals surface area (Å²) < 4.78 is 40.9. The molecule has 0 bridgehead atoms. The van der Waals surface area contributed by atoms with E-state index in [0.29, 0.717) is 6.54 Å². The average Bonchev–Trinajstić information content (AvgIpc) is 2.90. The van der Waals surface area contributed by atoms with Gasteiger partial charge in [-0.05, 0) is 42.2 Å². The zero-order chi connectivity index (χ0) is 28.4. The highest BCUT2D eigenvalue weighted by Gasteiger charge is 2.33. The van der Waals surface area contributed by atoms with Crippen LogP contribution in [0.2, 0.25) is 0 Å². The lowest BCUT2D eigenvalue weighted by Crippen LogP contribution is -2.53. The lowest BCUT2D eigenvalue weighted by molar-refractivity contribution is -0.140. The fourth-order valence-corrected chi connectivity index (χ4v) is 5.13. The van der Waals surface area contributed by atoms with Crippen molar-refractivity contribution in [2.24, 2.45) is 0 Å². The Morgan fingerprint density at radius 1 is 0.949 bits per heavy atom. The summed E-state index contributed by atoms with van der Waals surface area (Å²) in [6, 6.07) is 21.3. The zero-order valence-electron chi connectivity index (χ0n) is 22.6. The van der Waals surface area contributed by atoms with Crippen LogP contribution in [0, 0.1) is 12.7 Å². The monoisotopic (exact) mass is 553 g/mol. The summed E-state index contributed by atoms with van der Waals surface area (Å²) in [5.41, 5.74) is 2.37. The Morgan fingerprint density at radius 3 is 2.23 bits per heavy atom. The van der Waals surface area contributed by atoms with Crippen molar-refractivity contribution in [1.29, 1.82) is 0 Å². The molecule has 0 aliphatic rings. The third-order valence-corrected chi connectivity index (χ3v) is 7.63. The number of unbranched alkanes of at least 4 members (excludes halogenated alkanes) is 1. The number of rotatable bonds is 13. The summed E-state index contributed by atoms with van der Waals surface area (Å²) in [4.78, 5) is 28.9. The molecule has 0 aliphatic carbocycles. The third-order valence-electron chi connectivity index (χ3n) is 6.50. The predicted octanol–water partition coefficient (Wildman–Crippen LogP) is 4.46. The molecule has 0 heterocycles. The van der Waals surface area contributed by atoms with E-state index in [2.05, 4.69) is 5.32 Å². The molecule has 208 valence electrons. The number of para-hydroxylation sites is 1. The number of hydrogen-bond acceptors (Lipinski definition) is 4. The van der Waals surface area contributed by atoms with Gasteiger partial charge in [-0.3, -0.25) is 13.9 Å². The number of nitrogens with zero attached hydrogens (tertiary/aromatic N) is 2. The van der Waals surface area contributed by atoms with E-state index in [1.165, 1.54) is 23.1 Å². The van der Waals surface area contributed by atoms with Crippen LogP contribution in [0.1, 0.15) is 36.5 Å². The van der Waals surface area contributed by atoms with E-state index >= 15 is 0 Å². The molecule has 2 amide bonds. The highest BCUT2D eigenvalue weighted by Crippen LogP contribution is 2.23. The average molecular weight is 554 g/mol. The molecule has 0 aromatic heterocycles. The van der Waals surface area contributed by atoms with Gasteiger partial charge in [-0.25, -0.2) is 12.8 Å². The molecule has 0 aliphatic heterocycles. The van der Waals surface area contributed by atoms with Crippen LogP contribution in [-0.4, -0.2) is 50.5 Å². The fourth-order valence-electron chi connectivity index (χ4n) is 4.28. The normalized spacial score (nSPS) is 12.0. The maximum Gasteiger partial charge on any atom is 0.244 e. The SMILES string of the molecule is CCCCNC(=O)[C@@H](Cc1ccccc1)N(Cc1ccccc1C)C(=O)CN(c1ccccc1F)S(C)(=O)=O. The number of carbonyl (C=O) groups is 2. The first kappa shape index (κ1) is 29.8. The van der Waals surface area contributed by atoms with E-state index in [4.69, 9.17) is 0 Å². The van der Waals surface area contributed by atoms with E-state index in [1.807, 2.05) is 68.4 Å². The van der Waals surface area contributed by atoms with Crippen molar-refractivity contribution in [2.75, 3.05) is 23.7 Å². The van der Waals surface area contributed by atoms with E-state index in [9.17, 15) is 22.4 Å². The topological polar surface area (TPSA) is 86.8 Å². The van der Waals surface area contributed by atoms with Crippen molar-refractivity contribution in [3.05, 3.63) is 101 Å². The molecule has 39 heavy (non-hydrogen) atoms. The van der Waals surface area contributed by atoms with Crippen LogP contribution in [0.3, 0.4) is 0 Å². The molecule has 0 radical (unpaired) electrons. The Bertz CT molecular complexity index is 1370. The number of anilines is 1. The van der Waals surface area contributed by atoms with Crippen LogP contribution in [0.4, 0.5) is 10.1 Å². The predicted molar refractivity (Wildman–Crippen MR) is 152 cm³/mol. The first-order valence-corrected chi connectivity index (χ1v) is 14.8. The van der Waals surface area contributed by atoms with Crippen molar-refractivity contribution in [3.8, 4) is 0 Å². The molecule has 9 heteroatoms. The number of halogens is 1. The van der Waals surface area contributed by atoms with Crippen molar-refractivity contribution in [3.63, 3.8) is 0 Å². The standard InChI is InChI=1S/C30H36FN3O4S/c1-4-5-19-32-30(36)28(20-24-14-7-6-8-15-24)33(21-25-16-10-9-13-23(25)2)29(35)22-34(39(3,37)38)27-18-12-11-17-26(27)31/h6-18,28H,4-5,19-22H2,1-3H3,(H,32,36)/t28-/m1/s1. The largest absolute Gasteiger partial charge is 0.354 e. The summed E-state index contributed by atoms with van der Waals surface area (Å²) in [6.07, 6.45) is 2.83. The molecule has 0 unspecified atom stereocenters. The van der Waals surface area contributed by atoms with E-state index < -0.39 is 34.3 Å². The zero-order valence-corrected chi connectivity index (χ0v) is 23.5. The Balaban J connectivity index is 2.05. The lowest BCUT2D eigenvalue weighted by Gasteiger charge is -2.34. The summed E-state index contributed by atoms with van der Waals surface area (Å²) >= 11 is 0. The van der Waals surface area contributed by atoms with E-state index in [0.717, 1.165) is 46.2 Å². The Labute approximate surface area is 230 Å². The maximum absolute atomic E-state index is 14.7. The molecule has 0 fully saturated rings. The molecular formula is C30H36FN3O4S. The van der Waals surface area contributed by atoms with Crippen LogP contribution in [-0.2, 0) is 32.6 Å². The second-order valence-corrected chi connectivity index (χ2v) is 11.4. The van der Waals surface area contributed by atoms with Crippen LogP contribution in [0.25, 0.3) is 0 Å². The number of hydrogen-bond donors (Lipinski definition) is 1. The Hall–Kier alpha value is -3.72. The Morgan fingerprint density at radius 2 is 1.59 bits per heavy atom. The molecule has 7 nitrogen and oxygen atoms in total. The summed E-state index contributed by atoms with van der Waals surface area (Å²) in [6.45, 7) is 3.81. The van der Waals surface area contributed by atoms with E-state index in [1.54, 1.807) is 0 Å². The van der Waals surface area contributed by atoms with Crippen molar-refractivity contribution in [2.45, 2.75) is 45.7 Å². The van der Waals surface area contributed by atoms with Gasteiger partial charge >= 0.3 is 0 Å². The summed E-state index contributed by atoms with van der Waals surface area (Å²) in [5, 5.41) is 2.94. The van der Waals surface area contributed by atoms with E-state index in [-0.39, 0.29) is 24.6 Å². The van der Waals surface area contributed by atoms with Gasteiger partial charge in [0.2, 0.25) is 21.8 Å². The van der Waals surface area contributed by atoms with Gasteiger partial charge in [-0.1, -0.05) is 80.1 Å². The quantitative estimate of drug-likeness (QED) is 0.317. The summed E-state index contributed by atoms with van der Waals surface area (Å²) in [5.74, 6) is -1.70. The number of carbonyl (C=O) groups excluding carboxylic acids is 2. The smallest absolute Gasteiger partial charge is 0.244 e. The molecule has 1 atom stereocenters. The molecule has 3 aromatic rings. The van der Waals surface area contributed by atoms with Gasteiger partial charge in [0.05, 0.1) is 11.9 Å². The molecule has 0 saturated carbocycles. The van der Waals surface area contributed by atoms with Crippen molar-refractivity contribution < 1.29 is 22.4 Å².